The van der Waals surface area contributed by atoms with Crippen LogP contribution in [0.5, 0.6) is 0 Å². The lowest BCUT2D eigenvalue weighted by molar-refractivity contribution is -0.131. The molecule has 1 aromatic carbocycles. The van der Waals surface area contributed by atoms with Gasteiger partial charge in [-0.05, 0) is 55.9 Å². The summed E-state index contributed by atoms with van der Waals surface area (Å²) < 4.78 is 13.1. The van der Waals surface area contributed by atoms with Crippen molar-refractivity contribution in [2.75, 3.05) is 57.3 Å². The minimum Gasteiger partial charge on any atom is -0.396 e. The molecular formula is C24H41FIN5O2. The molecule has 1 fully saturated rings. The maximum absolute atomic E-state index is 13.1. The normalized spacial score (nSPS) is 14.6. The first-order valence-corrected chi connectivity index (χ1v) is 11.9. The minimum absolute atomic E-state index is 0. The minimum atomic E-state index is -0.237. The van der Waals surface area contributed by atoms with Crippen molar-refractivity contribution in [3.63, 3.8) is 0 Å². The summed E-state index contributed by atoms with van der Waals surface area (Å²) in [6.07, 6.45) is 3.08. The van der Waals surface area contributed by atoms with Gasteiger partial charge in [0.25, 0.3) is 0 Å². The molecule has 2 rings (SSSR count). The van der Waals surface area contributed by atoms with E-state index in [-0.39, 0.29) is 47.7 Å². The summed E-state index contributed by atoms with van der Waals surface area (Å²) in [6.45, 7) is 11.2. The number of aliphatic imine (C=N–C) groups is 1. The van der Waals surface area contributed by atoms with Crippen molar-refractivity contribution in [1.29, 1.82) is 0 Å². The highest BCUT2D eigenvalue weighted by atomic mass is 127. The second-order valence-corrected chi connectivity index (χ2v) is 8.40. The number of guanidine groups is 1. The SMILES string of the molecule is CCNC(=NCC(CC)(CC)CCO)NCCC(=O)N1CCN(c2ccc(F)cc2)CC1.I. The lowest BCUT2D eigenvalue weighted by Gasteiger charge is -2.36. The van der Waals surface area contributed by atoms with Gasteiger partial charge in [0.1, 0.15) is 5.82 Å². The van der Waals surface area contributed by atoms with Crippen molar-refractivity contribution in [1.82, 2.24) is 15.5 Å². The number of piperazine rings is 1. The third-order valence-corrected chi connectivity index (χ3v) is 6.51. The lowest BCUT2D eigenvalue weighted by atomic mass is 9.79. The maximum Gasteiger partial charge on any atom is 0.224 e. The molecule has 3 N–H and O–H groups in total. The number of carbonyl (C=O) groups excluding carboxylic acids is 1. The van der Waals surface area contributed by atoms with E-state index >= 15 is 0 Å². The Bertz CT molecular complexity index is 720. The second kappa shape index (κ2) is 15.3. The number of nitrogens with one attached hydrogen (secondary N) is 2. The second-order valence-electron chi connectivity index (χ2n) is 8.40. The first-order valence-electron chi connectivity index (χ1n) is 11.9. The molecule has 0 unspecified atom stereocenters. The number of hydrogen-bond acceptors (Lipinski definition) is 4. The van der Waals surface area contributed by atoms with Gasteiger partial charge in [-0.2, -0.15) is 0 Å². The molecule has 188 valence electrons. The van der Waals surface area contributed by atoms with Crippen molar-refractivity contribution >= 4 is 41.5 Å². The highest BCUT2D eigenvalue weighted by molar-refractivity contribution is 14.0. The molecule has 9 heteroatoms. The molecule has 0 bridgehead atoms. The van der Waals surface area contributed by atoms with E-state index in [0.29, 0.717) is 38.6 Å². The number of carbonyl (C=O) groups is 1. The van der Waals surface area contributed by atoms with Crippen LogP contribution in [-0.4, -0.2) is 74.3 Å². The van der Waals surface area contributed by atoms with E-state index in [1.165, 1.54) is 12.1 Å². The van der Waals surface area contributed by atoms with E-state index in [9.17, 15) is 14.3 Å². The van der Waals surface area contributed by atoms with E-state index < -0.39 is 0 Å². The van der Waals surface area contributed by atoms with Crippen LogP contribution < -0.4 is 15.5 Å². The molecule has 1 aliphatic heterocycles. The molecule has 0 radical (unpaired) electrons. The number of nitrogens with zero attached hydrogens (tertiary/aromatic N) is 3. The molecule has 1 aromatic rings. The summed E-state index contributed by atoms with van der Waals surface area (Å²) in [5.74, 6) is 0.605. The van der Waals surface area contributed by atoms with Crippen molar-refractivity contribution in [3.8, 4) is 0 Å². The van der Waals surface area contributed by atoms with Crippen molar-refractivity contribution in [2.45, 2.75) is 46.5 Å². The summed E-state index contributed by atoms with van der Waals surface area (Å²) in [7, 11) is 0. The highest BCUT2D eigenvalue weighted by Gasteiger charge is 2.25. The van der Waals surface area contributed by atoms with Gasteiger partial charge in [-0.15, -0.1) is 24.0 Å². The Morgan fingerprint density at radius 1 is 1.09 bits per heavy atom. The maximum atomic E-state index is 13.1. The molecule has 0 aromatic heterocycles. The van der Waals surface area contributed by atoms with Gasteiger partial charge >= 0.3 is 0 Å². The molecule has 0 aliphatic carbocycles. The number of aliphatic hydroxyl groups excluding tert-OH is 1. The molecule has 0 saturated carbocycles. The monoisotopic (exact) mass is 577 g/mol. The number of aliphatic hydroxyl groups is 1. The quantitative estimate of drug-likeness (QED) is 0.214. The Balaban J connectivity index is 0.00000544. The number of anilines is 1. The fourth-order valence-electron chi connectivity index (χ4n) is 4.04. The fraction of sp³-hybridized carbons (Fsp3) is 0.667. The molecule has 1 saturated heterocycles. The summed E-state index contributed by atoms with van der Waals surface area (Å²) in [6, 6.07) is 6.50. The van der Waals surface area contributed by atoms with Gasteiger partial charge in [0.2, 0.25) is 5.91 Å². The molecular weight excluding hydrogens is 536 g/mol. The topological polar surface area (TPSA) is 80.2 Å². The Morgan fingerprint density at radius 2 is 1.73 bits per heavy atom. The van der Waals surface area contributed by atoms with Crippen LogP contribution in [0.4, 0.5) is 10.1 Å². The van der Waals surface area contributed by atoms with Gasteiger partial charge < -0.3 is 25.5 Å². The summed E-state index contributed by atoms with van der Waals surface area (Å²) in [5, 5.41) is 15.9. The third-order valence-electron chi connectivity index (χ3n) is 6.51. The van der Waals surface area contributed by atoms with Gasteiger partial charge in [-0.3, -0.25) is 9.79 Å². The smallest absolute Gasteiger partial charge is 0.224 e. The number of rotatable bonds is 11. The molecule has 1 amide bonds. The van der Waals surface area contributed by atoms with Crippen LogP contribution in [0, 0.1) is 11.2 Å². The van der Waals surface area contributed by atoms with Crippen LogP contribution in [0.1, 0.15) is 46.5 Å². The van der Waals surface area contributed by atoms with Crippen LogP contribution >= 0.6 is 24.0 Å². The molecule has 1 aliphatic rings. The molecule has 7 nitrogen and oxygen atoms in total. The molecule has 33 heavy (non-hydrogen) atoms. The Hall–Kier alpha value is -1.62. The highest BCUT2D eigenvalue weighted by Crippen LogP contribution is 2.30. The van der Waals surface area contributed by atoms with Crippen LogP contribution in [-0.2, 0) is 4.79 Å². The van der Waals surface area contributed by atoms with Crippen LogP contribution in [0.25, 0.3) is 0 Å². The number of hydrogen-bond donors (Lipinski definition) is 3. The third kappa shape index (κ3) is 9.27. The van der Waals surface area contributed by atoms with Crippen LogP contribution in [0.15, 0.2) is 29.3 Å². The fourth-order valence-corrected chi connectivity index (χ4v) is 4.04. The zero-order valence-corrected chi connectivity index (χ0v) is 22.6. The van der Waals surface area contributed by atoms with Crippen molar-refractivity contribution < 1.29 is 14.3 Å². The Kier molecular flexibility index (Phi) is 13.6. The van der Waals surface area contributed by atoms with Gasteiger partial charge in [-0.1, -0.05) is 13.8 Å². The first-order chi connectivity index (χ1) is 15.5. The Morgan fingerprint density at radius 3 is 2.27 bits per heavy atom. The van der Waals surface area contributed by atoms with Gasteiger partial charge in [-0.25, -0.2) is 4.39 Å². The van der Waals surface area contributed by atoms with Gasteiger partial charge in [0.05, 0.1) is 0 Å². The predicted molar refractivity (Wildman–Crippen MR) is 144 cm³/mol. The molecule has 1 heterocycles. The number of amides is 1. The molecule has 0 atom stereocenters. The van der Waals surface area contributed by atoms with E-state index in [2.05, 4.69) is 29.4 Å². The zero-order chi connectivity index (χ0) is 23.4. The summed E-state index contributed by atoms with van der Waals surface area (Å²) in [5.41, 5.74) is 1.00. The molecule has 0 spiro atoms. The standard InChI is InChI=1S/C24H40FN5O2.HI/c1-4-24(5-2,12-18-31)19-28-23(26-6-3)27-13-11-22(32)30-16-14-29(15-17-30)21-9-7-20(25)8-10-21;/h7-10,31H,4-6,11-19H2,1-3H3,(H2,26,27,28);1H. The number of benzene rings is 1. The predicted octanol–water partition coefficient (Wildman–Crippen LogP) is 3.23. The van der Waals surface area contributed by atoms with E-state index in [0.717, 1.165) is 44.6 Å². The average Bonchev–Trinajstić information content (AvgIpc) is 2.82. The van der Waals surface area contributed by atoms with Crippen LogP contribution in [0.3, 0.4) is 0 Å². The summed E-state index contributed by atoms with van der Waals surface area (Å²) >= 11 is 0. The average molecular weight is 578 g/mol. The number of halogens is 2. The largest absolute Gasteiger partial charge is 0.396 e. The van der Waals surface area contributed by atoms with Gasteiger partial charge in [0, 0.05) is 64.5 Å². The first kappa shape index (κ1) is 29.4. The van der Waals surface area contributed by atoms with Crippen molar-refractivity contribution in [2.24, 2.45) is 10.4 Å². The summed E-state index contributed by atoms with van der Waals surface area (Å²) in [4.78, 5) is 21.5. The van der Waals surface area contributed by atoms with E-state index in [4.69, 9.17) is 4.99 Å². The van der Waals surface area contributed by atoms with Crippen LogP contribution in [0.2, 0.25) is 0 Å². The van der Waals surface area contributed by atoms with Gasteiger partial charge in [0.15, 0.2) is 5.96 Å². The van der Waals surface area contributed by atoms with E-state index in [1.807, 2.05) is 11.8 Å². The zero-order valence-electron chi connectivity index (χ0n) is 20.3. The van der Waals surface area contributed by atoms with E-state index in [1.54, 1.807) is 12.1 Å². The Labute approximate surface area is 215 Å². The lowest BCUT2D eigenvalue weighted by Crippen LogP contribution is -2.49. The van der Waals surface area contributed by atoms with Crippen molar-refractivity contribution in [3.05, 3.63) is 30.1 Å².